The van der Waals surface area contributed by atoms with Crippen molar-refractivity contribution in [2.75, 3.05) is 0 Å². The first kappa shape index (κ1) is 8.26. The van der Waals surface area contributed by atoms with Crippen molar-refractivity contribution in [1.29, 1.82) is 0 Å². The van der Waals surface area contributed by atoms with Gasteiger partial charge < -0.3 is 5.11 Å². The van der Waals surface area contributed by atoms with Crippen LogP contribution in [0.15, 0.2) is 10.7 Å². The number of hydrogen-bond donors (Lipinski definition) is 1. The summed E-state index contributed by atoms with van der Waals surface area (Å²) in [7, 11) is 1.91. The summed E-state index contributed by atoms with van der Waals surface area (Å²) >= 11 is 3.31. The fourth-order valence-corrected chi connectivity index (χ4v) is 2.09. The second-order valence-corrected chi connectivity index (χ2v) is 4.08. The fraction of sp³-hybridized carbons (Fsp3) is 0.625. The molecule has 1 aliphatic carbocycles. The first-order chi connectivity index (χ1) is 5.68. The molecule has 2 atom stereocenters. The van der Waals surface area contributed by atoms with E-state index in [4.69, 9.17) is 0 Å². The number of aliphatic hydroxyl groups is 1. The van der Waals surface area contributed by atoms with Crippen LogP contribution in [0.1, 0.15) is 24.5 Å². The van der Waals surface area contributed by atoms with E-state index < -0.39 is 0 Å². The lowest BCUT2D eigenvalue weighted by Gasteiger charge is -2.32. The number of aliphatic hydroxyl groups excluding tert-OH is 1. The average molecular weight is 231 g/mol. The minimum Gasteiger partial charge on any atom is -0.392 e. The summed E-state index contributed by atoms with van der Waals surface area (Å²) in [6, 6.07) is 1.98. The van der Waals surface area contributed by atoms with E-state index in [0.717, 1.165) is 23.1 Å². The van der Waals surface area contributed by atoms with Gasteiger partial charge >= 0.3 is 0 Å². The third-order valence-corrected chi connectivity index (χ3v) is 2.89. The molecule has 12 heavy (non-hydrogen) atoms. The van der Waals surface area contributed by atoms with Gasteiger partial charge in [-0.25, -0.2) is 0 Å². The maximum atomic E-state index is 9.44. The van der Waals surface area contributed by atoms with Crippen LogP contribution in [0.3, 0.4) is 0 Å². The number of nitrogens with zero attached hydrogens (tertiary/aromatic N) is 2. The molecule has 0 bridgehead atoms. The Labute approximate surface area is 79.5 Å². The number of aromatic nitrogens is 2. The Morgan fingerprint density at radius 3 is 2.75 bits per heavy atom. The molecule has 1 heterocycles. The van der Waals surface area contributed by atoms with Crippen LogP contribution in [0.4, 0.5) is 0 Å². The smallest absolute Gasteiger partial charge is 0.128 e. The number of halogens is 1. The van der Waals surface area contributed by atoms with E-state index in [2.05, 4.69) is 21.0 Å². The third-order valence-electron chi connectivity index (χ3n) is 2.50. The molecule has 2 unspecified atom stereocenters. The Morgan fingerprint density at radius 2 is 2.42 bits per heavy atom. The molecule has 0 aromatic carbocycles. The normalized spacial score (nSPS) is 28.6. The zero-order valence-corrected chi connectivity index (χ0v) is 8.45. The summed E-state index contributed by atoms with van der Waals surface area (Å²) in [5.74, 6) is 0.300. The lowest BCUT2D eigenvalue weighted by molar-refractivity contribution is 0.0624. The molecule has 4 heteroatoms. The molecule has 66 valence electrons. The summed E-state index contributed by atoms with van der Waals surface area (Å²) < 4.78 is 2.68. The average Bonchev–Trinajstić information content (AvgIpc) is 2.28. The SMILES string of the molecule is Cn1nc(Br)cc1C1CCC1O. The molecule has 1 saturated carbocycles. The molecule has 1 fully saturated rings. The van der Waals surface area contributed by atoms with E-state index in [1.807, 2.05) is 17.8 Å². The predicted octanol–water partition coefficient (Wildman–Crippen LogP) is 1.42. The van der Waals surface area contributed by atoms with Gasteiger partial charge in [0.05, 0.1) is 6.10 Å². The van der Waals surface area contributed by atoms with Gasteiger partial charge in [-0.1, -0.05) is 0 Å². The summed E-state index contributed by atoms with van der Waals surface area (Å²) in [6.45, 7) is 0. The van der Waals surface area contributed by atoms with Crippen LogP contribution in [0.2, 0.25) is 0 Å². The zero-order chi connectivity index (χ0) is 8.72. The second kappa shape index (κ2) is 2.85. The number of aryl methyl sites for hydroxylation is 1. The highest BCUT2D eigenvalue weighted by Gasteiger charge is 2.32. The lowest BCUT2D eigenvalue weighted by atomic mass is 9.80. The molecular weight excluding hydrogens is 220 g/mol. The standard InChI is InChI=1S/C8H11BrN2O/c1-11-6(4-8(9)10-11)5-2-3-7(5)12/h4-5,7,12H,2-3H2,1H3. The van der Waals surface area contributed by atoms with Crippen molar-refractivity contribution < 1.29 is 5.11 Å². The molecule has 3 nitrogen and oxygen atoms in total. The third kappa shape index (κ3) is 1.19. The molecular formula is C8H11BrN2O. The summed E-state index contributed by atoms with van der Waals surface area (Å²) in [5, 5.41) is 13.6. The van der Waals surface area contributed by atoms with Gasteiger partial charge in [0.1, 0.15) is 4.60 Å². The number of hydrogen-bond acceptors (Lipinski definition) is 2. The summed E-state index contributed by atoms with van der Waals surface area (Å²) in [4.78, 5) is 0. The Bertz CT molecular complexity index is 297. The van der Waals surface area contributed by atoms with Crippen LogP contribution in [0, 0.1) is 0 Å². The van der Waals surface area contributed by atoms with Crippen molar-refractivity contribution in [3.63, 3.8) is 0 Å². The van der Waals surface area contributed by atoms with Crippen molar-refractivity contribution in [3.8, 4) is 0 Å². The van der Waals surface area contributed by atoms with Gasteiger partial charge in [0.25, 0.3) is 0 Å². The largest absolute Gasteiger partial charge is 0.392 e. The van der Waals surface area contributed by atoms with Crippen LogP contribution < -0.4 is 0 Å². The minimum atomic E-state index is -0.160. The highest BCUT2D eigenvalue weighted by Crippen LogP contribution is 2.37. The van der Waals surface area contributed by atoms with Gasteiger partial charge in [-0.15, -0.1) is 0 Å². The molecule has 0 radical (unpaired) electrons. The molecule has 1 aliphatic rings. The molecule has 0 amide bonds. The van der Waals surface area contributed by atoms with Gasteiger partial charge in [0.2, 0.25) is 0 Å². The second-order valence-electron chi connectivity index (χ2n) is 3.27. The molecule has 0 aliphatic heterocycles. The quantitative estimate of drug-likeness (QED) is 0.793. The Balaban J connectivity index is 2.27. The van der Waals surface area contributed by atoms with Crippen LogP contribution in [-0.4, -0.2) is 21.0 Å². The van der Waals surface area contributed by atoms with Crippen molar-refractivity contribution >= 4 is 15.9 Å². The van der Waals surface area contributed by atoms with E-state index in [1.165, 1.54) is 0 Å². The first-order valence-corrected chi connectivity index (χ1v) is 4.85. The van der Waals surface area contributed by atoms with Gasteiger partial charge in [-0.3, -0.25) is 4.68 Å². The molecule has 0 spiro atoms. The highest BCUT2D eigenvalue weighted by atomic mass is 79.9. The van der Waals surface area contributed by atoms with Gasteiger partial charge in [0, 0.05) is 18.7 Å². The molecule has 2 rings (SSSR count). The van der Waals surface area contributed by atoms with Crippen molar-refractivity contribution in [2.45, 2.75) is 24.9 Å². The van der Waals surface area contributed by atoms with E-state index in [-0.39, 0.29) is 6.10 Å². The molecule has 1 aromatic heterocycles. The monoisotopic (exact) mass is 230 g/mol. The van der Waals surface area contributed by atoms with E-state index in [1.54, 1.807) is 0 Å². The Morgan fingerprint density at radius 1 is 1.67 bits per heavy atom. The van der Waals surface area contributed by atoms with Crippen LogP contribution in [-0.2, 0) is 7.05 Å². The molecule has 0 saturated heterocycles. The Kier molecular flexibility index (Phi) is 1.96. The molecule has 1 N–H and O–H groups in total. The summed E-state index contributed by atoms with van der Waals surface area (Å²) in [6.07, 6.45) is 1.84. The van der Waals surface area contributed by atoms with Gasteiger partial charge in [0.15, 0.2) is 0 Å². The van der Waals surface area contributed by atoms with E-state index in [9.17, 15) is 5.11 Å². The summed E-state index contributed by atoms with van der Waals surface area (Å²) in [5.41, 5.74) is 1.13. The number of rotatable bonds is 1. The minimum absolute atomic E-state index is 0.160. The van der Waals surface area contributed by atoms with Crippen LogP contribution >= 0.6 is 15.9 Å². The van der Waals surface area contributed by atoms with E-state index in [0.29, 0.717) is 5.92 Å². The van der Waals surface area contributed by atoms with Crippen molar-refractivity contribution in [3.05, 3.63) is 16.4 Å². The maximum Gasteiger partial charge on any atom is 0.128 e. The van der Waals surface area contributed by atoms with Crippen molar-refractivity contribution in [1.82, 2.24) is 9.78 Å². The van der Waals surface area contributed by atoms with Gasteiger partial charge in [-0.05, 0) is 34.8 Å². The first-order valence-electron chi connectivity index (χ1n) is 4.06. The lowest BCUT2D eigenvalue weighted by Crippen LogP contribution is -2.30. The van der Waals surface area contributed by atoms with E-state index >= 15 is 0 Å². The Hall–Kier alpha value is -0.350. The van der Waals surface area contributed by atoms with Gasteiger partial charge in [-0.2, -0.15) is 5.10 Å². The van der Waals surface area contributed by atoms with Crippen molar-refractivity contribution in [2.24, 2.45) is 7.05 Å². The predicted molar refractivity (Wildman–Crippen MR) is 48.9 cm³/mol. The fourth-order valence-electron chi connectivity index (χ4n) is 1.62. The molecule has 1 aromatic rings. The van der Waals surface area contributed by atoms with Crippen LogP contribution in [0.25, 0.3) is 0 Å². The topological polar surface area (TPSA) is 38.0 Å². The maximum absolute atomic E-state index is 9.44. The van der Waals surface area contributed by atoms with Crippen LogP contribution in [0.5, 0.6) is 0 Å². The zero-order valence-electron chi connectivity index (χ0n) is 6.87. The highest BCUT2D eigenvalue weighted by molar-refractivity contribution is 9.10.